The van der Waals surface area contributed by atoms with E-state index in [-0.39, 0.29) is 23.6 Å². The van der Waals surface area contributed by atoms with Crippen LogP contribution >= 0.6 is 0 Å². The van der Waals surface area contributed by atoms with E-state index in [0.29, 0.717) is 24.7 Å². The Bertz CT molecular complexity index is 1210. The van der Waals surface area contributed by atoms with Gasteiger partial charge in [-0.2, -0.15) is 5.10 Å². The summed E-state index contributed by atoms with van der Waals surface area (Å²) in [5.74, 6) is -0.0419. The predicted molar refractivity (Wildman–Crippen MR) is 142 cm³/mol. The van der Waals surface area contributed by atoms with Crippen LogP contribution in [-0.2, 0) is 10.2 Å². The first-order valence-electron chi connectivity index (χ1n) is 12.2. The van der Waals surface area contributed by atoms with Crippen LogP contribution in [0.25, 0.3) is 5.69 Å². The minimum absolute atomic E-state index is 0.0740. The van der Waals surface area contributed by atoms with Crippen molar-refractivity contribution in [2.45, 2.75) is 53.4 Å². The van der Waals surface area contributed by atoms with Gasteiger partial charge in [-0.1, -0.05) is 65.0 Å². The minimum Gasteiger partial charge on any atom is -0.315 e. The Morgan fingerprint density at radius 2 is 1.72 bits per heavy atom. The number of anilines is 2. The van der Waals surface area contributed by atoms with Crippen LogP contribution in [0.3, 0.4) is 0 Å². The first-order valence-corrected chi connectivity index (χ1v) is 12.2. The summed E-state index contributed by atoms with van der Waals surface area (Å²) >= 11 is 0. The summed E-state index contributed by atoms with van der Waals surface area (Å²) in [5, 5.41) is 10.3. The second-order valence-electron chi connectivity index (χ2n) is 10.4. The molecule has 2 N–H and O–H groups in total. The quantitative estimate of drug-likeness (QED) is 0.396. The van der Waals surface area contributed by atoms with Gasteiger partial charge in [-0.25, -0.2) is 13.9 Å². The lowest BCUT2D eigenvalue weighted by atomic mass is 9.92. The molecule has 0 bridgehead atoms. The summed E-state index contributed by atoms with van der Waals surface area (Å²) in [6, 6.07) is 15.1. The summed E-state index contributed by atoms with van der Waals surface area (Å²) in [6.45, 7) is 12.4. The lowest BCUT2D eigenvalue weighted by Crippen LogP contribution is -2.41. The summed E-state index contributed by atoms with van der Waals surface area (Å²) in [4.78, 5) is 27.6. The number of hydrogen-bond acceptors (Lipinski definition) is 3. The van der Waals surface area contributed by atoms with Crippen LogP contribution in [0.15, 0.2) is 54.6 Å². The molecule has 0 saturated heterocycles. The van der Waals surface area contributed by atoms with E-state index >= 15 is 0 Å². The molecule has 3 rings (SSSR count). The fraction of sp³-hybridized carbons (Fsp3) is 0.393. The molecule has 0 aliphatic carbocycles. The van der Waals surface area contributed by atoms with Crippen molar-refractivity contribution in [2.24, 2.45) is 5.92 Å². The van der Waals surface area contributed by atoms with E-state index in [2.05, 4.69) is 31.4 Å². The van der Waals surface area contributed by atoms with Crippen LogP contribution in [0.4, 0.5) is 20.7 Å². The molecule has 3 aromatic rings. The number of amides is 3. The van der Waals surface area contributed by atoms with E-state index < -0.39 is 11.8 Å². The Labute approximate surface area is 212 Å². The molecule has 0 aliphatic heterocycles. The number of halogens is 1. The van der Waals surface area contributed by atoms with Crippen molar-refractivity contribution < 1.29 is 14.0 Å². The van der Waals surface area contributed by atoms with Crippen LogP contribution in [0.1, 0.15) is 52.3 Å². The zero-order valence-electron chi connectivity index (χ0n) is 21.9. The Morgan fingerprint density at radius 1 is 1.06 bits per heavy atom. The molecule has 0 fully saturated rings. The van der Waals surface area contributed by atoms with Crippen molar-refractivity contribution in [3.05, 3.63) is 71.7 Å². The Balaban J connectivity index is 1.84. The largest absolute Gasteiger partial charge is 0.322 e. The van der Waals surface area contributed by atoms with Gasteiger partial charge in [-0.05, 0) is 43.0 Å². The van der Waals surface area contributed by atoms with E-state index in [9.17, 15) is 14.0 Å². The molecule has 1 aromatic heterocycles. The zero-order chi connectivity index (χ0) is 26.5. The number of carbonyl (C=O) groups excluding carboxylic acids is 2. The summed E-state index contributed by atoms with van der Waals surface area (Å²) < 4.78 is 15.8. The molecule has 0 aliphatic rings. The van der Waals surface area contributed by atoms with Gasteiger partial charge in [0.25, 0.3) is 0 Å². The zero-order valence-corrected chi connectivity index (χ0v) is 21.9. The van der Waals surface area contributed by atoms with Gasteiger partial charge < -0.3 is 15.5 Å². The highest BCUT2D eigenvalue weighted by atomic mass is 19.1. The second kappa shape index (κ2) is 11.4. The lowest BCUT2D eigenvalue weighted by Gasteiger charge is -2.23. The molecule has 0 spiro atoms. The number of benzene rings is 2. The third-order valence-electron chi connectivity index (χ3n) is 5.80. The highest BCUT2D eigenvalue weighted by molar-refractivity contribution is 5.96. The van der Waals surface area contributed by atoms with E-state index in [4.69, 9.17) is 5.10 Å². The maximum absolute atomic E-state index is 14.1. The number of aromatic nitrogens is 2. The Hall–Kier alpha value is -3.68. The molecule has 36 heavy (non-hydrogen) atoms. The van der Waals surface area contributed by atoms with Gasteiger partial charge in [0.15, 0.2) is 0 Å². The van der Waals surface area contributed by atoms with Gasteiger partial charge in [-0.15, -0.1) is 0 Å². The maximum Gasteiger partial charge on any atom is 0.322 e. The van der Waals surface area contributed by atoms with Crippen LogP contribution in [0.2, 0.25) is 0 Å². The standard InChI is InChI=1S/C28H36FN5O2/c1-19(2)15-16-33(27(36)30-22-13-9-8-12-21(22)29)18-26(35)31-25-17-24(28(4,5)6)32-34(25)23-14-10-7-11-20(23)3/h7-14,17,19H,15-16,18H2,1-6H3,(H,30,36)(H,31,35). The van der Waals surface area contributed by atoms with Crippen molar-refractivity contribution in [1.29, 1.82) is 0 Å². The maximum atomic E-state index is 14.1. The minimum atomic E-state index is -0.532. The van der Waals surface area contributed by atoms with E-state index in [1.54, 1.807) is 16.8 Å². The fourth-order valence-electron chi connectivity index (χ4n) is 3.60. The fourth-order valence-corrected chi connectivity index (χ4v) is 3.60. The highest BCUT2D eigenvalue weighted by Gasteiger charge is 2.24. The smallest absolute Gasteiger partial charge is 0.315 e. The summed E-state index contributed by atoms with van der Waals surface area (Å²) in [7, 11) is 0. The lowest BCUT2D eigenvalue weighted by molar-refractivity contribution is -0.116. The number of carbonyl (C=O) groups is 2. The Morgan fingerprint density at radius 3 is 2.36 bits per heavy atom. The average molecular weight is 494 g/mol. The van der Waals surface area contributed by atoms with Gasteiger partial charge in [0.05, 0.1) is 17.1 Å². The van der Waals surface area contributed by atoms with Crippen LogP contribution in [0.5, 0.6) is 0 Å². The molecule has 0 saturated carbocycles. The normalized spacial score (nSPS) is 11.4. The summed E-state index contributed by atoms with van der Waals surface area (Å²) in [5.41, 5.74) is 2.55. The second-order valence-corrected chi connectivity index (χ2v) is 10.4. The van der Waals surface area contributed by atoms with E-state index in [1.165, 1.54) is 17.0 Å². The van der Waals surface area contributed by atoms with E-state index in [0.717, 1.165) is 16.9 Å². The first-order chi connectivity index (χ1) is 17.0. The van der Waals surface area contributed by atoms with Gasteiger partial charge in [0.1, 0.15) is 18.2 Å². The molecule has 0 radical (unpaired) electrons. The number of hydrogen-bond donors (Lipinski definition) is 2. The molecule has 7 nitrogen and oxygen atoms in total. The van der Waals surface area contributed by atoms with Gasteiger partial charge in [0, 0.05) is 18.0 Å². The van der Waals surface area contributed by atoms with Crippen LogP contribution < -0.4 is 10.6 Å². The van der Waals surface area contributed by atoms with Crippen molar-refractivity contribution in [1.82, 2.24) is 14.7 Å². The number of aryl methyl sites for hydroxylation is 1. The van der Waals surface area contributed by atoms with Crippen LogP contribution in [-0.4, -0.2) is 39.7 Å². The number of para-hydroxylation sites is 2. The van der Waals surface area contributed by atoms with Crippen molar-refractivity contribution in [3.63, 3.8) is 0 Å². The Kier molecular flexibility index (Phi) is 8.50. The molecule has 2 aromatic carbocycles. The van der Waals surface area contributed by atoms with Crippen molar-refractivity contribution in [2.75, 3.05) is 23.7 Å². The molecule has 3 amide bonds. The van der Waals surface area contributed by atoms with Gasteiger partial charge >= 0.3 is 6.03 Å². The molecule has 1 heterocycles. The van der Waals surface area contributed by atoms with Crippen molar-refractivity contribution >= 4 is 23.4 Å². The topological polar surface area (TPSA) is 79.3 Å². The molecular weight excluding hydrogens is 457 g/mol. The monoisotopic (exact) mass is 493 g/mol. The molecule has 192 valence electrons. The number of nitrogens with one attached hydrogen (secondary N) is 2. The highest BCUT2D eigenvalue weighted by Crippen LogP contribution is 2.27. The van der Waals surface area contributed by atoms with Crippen LogP contribution in [0, 0.1) is 18.7 Å². The molecule has 0 unspecified atom stereocenters. The average Bonchev–Trinajstić information content (AvgIpc) is 3.22. The van der Waals surface area contributed by atoms with Gasteiger partial charge in [0.2, 0.25) is 5.91 Å². The van der Waals surface area contributed by atoms with E-state index in [1.807, 2.05) is 51.1 Å². The third kappa shape index (κ3) is 6.93. The van der Waals surface area contributed by atoms with Crippen molar-refractivity contribution in [3.8, 4) is 5.69 Å². The number of nitrogens with zero attached hydrogens (tertiary/aromatic N) is 3. The summed E-state index contributed by atoms with van der Waals surface area (Å²) in [6.07, 6.45) is 0.702. The van der Waals surface area contributed by atoms with Gasteiger partial charge in [-0.3, -0.25) is 4.79 Å². The first kappa shape index (κ1) is 26.9. The molecular formula is C28H36FN5O2. The predicted octanol–water partition coefficient (Wildman–Crippen LogP) is 6.14. The molecule has 0 atom stereocenters. The molecule has 8 heteroatoms. The number of rotatable bonds is 8. The SMILES string of the molecule is Cc1ccccc1-n1nc(C(C)(C)C)cc1NC(=O)CN(CCC(C)C)C(=O)Nc1ccccc1F. The third-order valence-corrected chi connectivity index (χ3v) is 5.80. The number of urea groups is 1.